The minimum Gasteiger partial charge on any atom is -0.312 e. The Morgan fingerprint density at radius 1 is 1.25 bits per heavy atom. The molecular weight excluding hydrogens is 285 g/mol. The van der Waals surface area contributed by atoms with Crippen molar-refractivity contribution in [3.05, 3.63) is 15.6 Å². The Morgan fingerprint density at radius 3 is 2.55 bits per heavy atom. The van der Waals surface area contributed by atoms with E-state index in [0.717, 1.165) is 38.6 Å². The summed E-state index contributed by atoms with van der Waals surface area (Å²) in [6.07, 6.45) is 1.94. The molecule has 1 aliphatic rings. The fraction of sp³-hybridized carbons (Fsp3) is 0.786. The van der Waals surface area contributed by atoms with Crippen molar-refractivity contribution in [3.8, 4) is 0 Å². The van der Waals surface area contributed by atoms with Gasteiger partial charge in [-0.05, 0) is 25.8 Å². The van der Waals surface area contributed by atoms with Crippen molar-refractivity contribution in [2.24, 2.45) is 0 Å². The molecule has 1 aromatic rings. The molecule has 1 N–H and O–H groups in total. The molecule has 114 valence electrons. The smallest absolute Gasteiger partial charge is 0.312 e. The lowest BCUT2D eigenvalue weighted by molar-refractivity contribution is -0.141. The van der Waals surface area contributed by atoms with E-state index in [-0.39, 0.29) is 12.5 Å². The molecule has 0 atom stereocenters. The van der Waals surface area contributed by atoms with Crippen LogP contribution in [0.4, 0.5) is 13.2 Å². The van der Waals surface area contributed by atoms with Crippen molar-refractivity contribution in [3.63, 3.8) is 0 Å². The highest BCUT2D eigenvalue weighted by Crippen LogP contribution is 2.40. The number of rotatable bonds is 5. The Bertz CT molecular complexity index is 423. The number of nitrogens with zero attached hydrogens (tertiary/aromatic N) is 1. The van der Waals surface area contributed by atoms with Crippen LogP contribution in [0.3, 0.4) is 0 Å². The van der Waals surface area contributed by atoms with Crippen LogP contribution in [0.2, 0.25) is 0 Å². The Balaban J connectivity index is 2.17. The van der Waals surface area contributed by atoms with Gasteiger partial charge in [-0.2, -0.15) is 13.2 Å². The fourth-order valence-electron chi connectivity index (χ4n) is 2.61. The topological polar surface area (TPSA) is 24.9 Å². The first-order chi connectivity index (χ1) is 9.52. The van der Waals surface area contributed by atoms with Gasteiger partial charge in [0.2, 0.25) is 0 Å². The van der Waals surface area contributed by atoms with Gasteiger partial charge >= 0.3 is 6.18 Å². The molecule has 0 aliphatic heterocycles. The molecule has 0 aromatic carbocycles. The summed E-state index contributed by atoms with van der Waals surface area (Å²) in [4.78, 5) is 4.28. The highest BCUT2D eigenvalue weighted by Gasteiger charge is 2.38. The summed E-state index contributed by atoms with van der Waals surface area (Å²) in [5.74, 6) is 0.231. The van der Waals surface area contributed by atoms with Gasteiger partial charge in [-0.15, -0.1) is 11.3 Å². The van der Waals surface area contributed by atoms with Crippen LogP contribution in [0.25, 0.3) is 0 Å². The number of thiazole rings is 1. The van der Waals surface area contributed by atoms with Crippen molar-refractivity contribution in [1.82, 2.24) is 10.3 Å². The first-order valence-electron chi connectivity index (χ1n) is 7.30. The minimum absolute atomic E-state index is 0.231. The van der Waals surface area contributed by atoms with Gasteiger partial charge in [-0.1, -0.05) is 26.2 Å². The molecule has 1 heterocycles. The molecule has 1 saturated carbocycles. The first-order valence-corrected chi connectivity index (χ1v) is 8.11. The fourth-order valence-corrected chi connectivity index (χ4v) is 3.84. The van der Waals surface area contributed by atoms with Crippen molar-refractivity contribution < 1.29 is 13.2 Å². The molecule has 0 radical (unpaired) electrons. The van der Waals surface area contributed by atoms with E-state index in [1.165, 1.54) is 17.8 Å². The minimum atomic E-state index is -4.34. The lowest BCUT2D eigenvalue weighted by Gasteiger charge is -2.18. The molecule has 0 unspecified atom stereocenters. The average molecular weight is 306 g/mol. The Labute approximate surface area is 121 Å². The zero-order valence-electron chi connectivity index (χ0n) is 11.7. The maximum Gasteiger partial charge on any atom is 0.434 e. The summed E-state index contributed by atoms with van der Waals surface area (Å²) in [7, 11) is 0. The Kier molecular flexibility index (Phi) is 5.43. The summed E-state index contributed by atoms with van der Waals surface area (Å²) >= 11 is 1.25. The highest BCUT2D eigenvalue weighted by molar-refractivity contribution is 7.11. The van der Waals surface area contributed by atoms with E-state index in [0.29, 0.717) is 9.88 Å². The van der Waals surface area contributed by atoms with E-state index in [9.17, 15) is 13.2 Å². The zero-order valence-corrected chi connectivity index (χ0v) is 12.5. The number of halogens is 3. The lowest BCUT2D eigenvalue weighted by atomic mass is 9.90. The van der Waals surface area contributed by atoms with Crippen molar-refractivity contribution in [2.45, 2.75) is 64.1 Å². The van der Waals surface area contributed by atoms with Gasteiger partial charge in [0.15, 0.2) is 5.69 Å². The van der Waals surface area contributed by atoms with Gasteiger partial charge in [0.05, 0.1) is 9.88 Å². The Hall–Kier alpha value is -0.620. The largest absolute Gasteiger partial charge is 0.434 e. The summed E-state index contributed by atoms with van der Waals surface area (Å²) in [6.45, 7) is 3.00. The molecule has 0 spiro atoms. The van der Waals surface area contributed by atoms with Crippen LogP contribution in [0, 0.1) is 0 Å². The number of aromatic nitrogens is 1. The van der Waals surface area contributed by atoms with Crippen molar-refractivity contribution >= 4 is 11.3 Å². The van der Waals surface area contributed by atoms with E-state index >= 15 is 0 Å². The number of hydrogen-bond donors (Lipinski definition) is 1. The zero-order chi connectivity index (χ0) is 14.6. The normalized spacial score (nSPS) is 17.6. The SMILES string of the molecule is CCCNCc1sc(C2CCCCC2)nc1C(F)(F)F. The molecule has 20 heavy (non-hydrogen) atoms. The van der Waals surface area contributed by atoms with Gasteiger partial charge in [0.1, 0.15) is 0 Å². The van der Waals surface area contributed by atoms with Crippen LogP contribution in [0.5, 0.6) is 0 Å². The van der Waals surface area contributed by atoms with Gasteiger partial charge in [-0.3, -0.25) is 0 Å². The van der Waals surface area contributed by atoms with Crippen LogP contribution in [-0.2, 0) is 12.7 Å². The predicted molar refractivity (Wildman–Crippen MR) is 74.9 cm³/mol. The third-order valence-electron chi connectivity index (χ3n) is 3.65. The molecule has 6 heteroatoms. The third-order valence-corrected chi connectivity index (χ3v) is 4.87. The second-order valence-electron chi connectivity index (χ2n) is 5.33. The number of nitrogens with one attached hydrogen (secondary N) is 1. The van der Waals surface area contributed by atoms with Crippen LogP contribution < -0.4 is 5.32 Å². The van der Waals surface area contributed by atoms with Crippen LogP contribution >= 0.6 is 11.3 Å². The van der Waals surface area contributed by atoms with E-state index < -0.39 is 11.9 Å². The van der Waals surface area contributed by atoms with Gasteiger partial charge in [0.25, 0.3) is 0 Å². The molecule has 1 fully saturated rings. The molecule has 1 aliphatic carbocycles. The quantitative estimate of drug-likeness (QED) is 0.797. The van der Waals surface area contributed by atoms with Crippen molar-refractivity contribution in [1.29, 1.82) is 0 Å². The second-order valence-corrected chi connectivity index (χ2v) is 6.45. The lowest BCUT2D eigenvalue weighted by Crippen LogP contribution is -2.17. The summed E-state index contributed by atoms with van der Waals surface area (Å²) in [6, 6.07) is 0. The monoisotopic (exact) mass is 306 g/mol. The molecule has 2 rings (SSSR count). The predicted octanol–water partition coefficient (Wildman–Crippen LogP) is 4.71. The standard InChI is InChI=1S/C14H21F3N2S/c1-2-8-18-9-11-12(14(15,16)17)19-13(20-11)10-6-4-3-5-7-10/h10,18H,2-9H2,1H3. The number of hydrogen-bond acceptors (Lipinski definition) is 3. The third kappa shape index (κ3) is 3.95. The van der Waals surface area contributed by atoms with E-state index in [1.54, 1.807) is 0 Å². The summed E-state index contributed by atoms with van der Waals surface area (Å²) in [5, 5.41) is 3.74. The molecule has 2 nitrogen and oxygen atoms in total. The maximum atomic E-state index is 13.1. The summed E-state index contributed by atoms with van der Waals surface area (Å²) in [5.41, 5.74) is -0.674. The average Bonchev–Trinajstić information content (AvgIpc) is 2.84. The van der Waals surface area contributed by atoms with Gasteiger partial charge in [-0.25, -0.2) is 4.98 Å². The van der Waals surface area contributed by atoms with Gasteiger partial charge in [0, 0.05) is 12.5 Å². The Morgan fingerprint density at radius 2 is 1.95 bits per heavy atom. The van der Waals surface area contributed by atoms with Crippen LogP contribution in [0.15, 0.2) is 0 Å². The molecule has 0 amide bonds. The van der Waals surface area contributed by atoms with E-state index in [4.69, 9.17) is 0 Å². The molecule has 0 bridgehead atoms. The molecular formula is C14H21F3N2S. The maximum absolute atomic E-state index is 13.1. The first kappa shape index (κ1) is 15.8. The second kappa shape index (κ2) is 6.89. The van der Waals surface area contributed by atoms with E-state index in [1.807, 2.05) is 6.92 Å². The molecule has 0 saturated heterocycles. The number of alkyl halides is 3. The summed E-state index contributed by atoms with van der Waals surface area (Å²) < 4.78 is 39.2. The van der Waals surface area contributed by atoms with Crippen molar-refractivity contribution in [2.75, 3.05) is 6.54 Å². The molecule has 1 aromatic heterocycles. The van der Waals surface area contributed by atoms with E-state index in [2.05, 4.69) is 10.3 Å². The van der Waals surface area contributed by atoms with Crippen LogP contribution in [0.1, 0.15) is 66.9 Å². The van der Waals surface area contributed by atoms with Gasteiger partial charge < -0.3 is 5.32 Å². The highest BCUT2D eigenvalue weighted by atomic mass is 32.1. The van der Waals surface area contributed by atoms with Crippen LogP contribution in [-0.4, -0.2) is 11.5 Å².